The third-order valence-electron chi connectivity index (χ3n) is 3.33. The molecule has 0 unspecified atom stereocenters. The molecule has 1 aromatic carbocycles. The first-order valence-electron chi connectivity index (χ1n) is 6.44. The minimum absolute atomic E-state index is 0. The summed E-state index contributed by atoms with van der Waals surface area (Å²) in [6.45, 7) is 1.74. The molecular formula is C15H13FN3NaO3. The van der Waals surface area contributed by atoms with E-state index in [1.54, 1.807) is 17.5 Å². The molecule has 8 heteroatoms. The van der Waals surface area contributed by atoms with E-state index in [9.17, 15) is 14.3 Å². The number of carboxylic acid groups (broad SMARTS) is 1. The predicted octanol–water partition coefficient (Wildman–Crippen LogP) is -0.333. The summed E-state index contributed by atoms with van der Waals surface area (Å²) in [5, 5.41) is 9.20. The molecule has 1 N–H and O–H groups in total. The number of halogens is 1. The van der Waals surface area contributed by atoms with Gasteiger partial charge in [-0.1, -0.05) is 0 Å². The van der Waals surface area contributed by atoms with E-state index in [1.165, 1.54) is 31.4 Å². The molecule has 3 rings (SSSR count). The van der Waals surface area contributed by atoms with E-state index in [2.05, 4.69) is 9.97 Å². The number of nitrogens with zero attached hydrogens (tertiary/aromatic N) is 3. The van der Waals surface area contributed by atoms with Crippen LogP contribution in [0.5, 0.6) is 5.75 Å². The number of hydrogen-bond donors (Lipinski definition) is 1. The van der Waals surface area contributed by atoms with Gasteiger partial charge in [0, 0.05) is 11.8 Å². The first-order chi connectivity index (χ1) is 10.5. The van der Waals surface area contributed by atoms with Crippen molar-refractivity contribution in [2.45, 2.75) is 6.92 Å². The molecule has 3 aromatic rings. The van der Waals surface area contributed by atoms with Gasteiger partial charge in [-0.05, 0) is 31.2 Å². The number of rotatable bonds is 3. The molecule has 0 radical (unpaired) electrons. The van der Waals surface area contributed by atoms with E-state index >= 15 is 0 Å². The molecule has 0 atom stereocenters. The largest absolute Gasteiger partial charge is 1.00 e. The van der Waals surface area contributed by atoms with Crippen LogP contribution < -0.4 is 34.3 Å². The van der Waals surface area contributed by atoms with E-state index in [4.69, 9.17) is 4.74 Å². The Morgan fingerprint density at radius 2 is 2.09 bits per heavy atom. The zero-order valence-electron chi connectivity index (χ0n) is 13.9. The van der Waals surface area contributed by atoms with Crippen LogP contribution in [-0.2, 0) is 0 Å². The Balaban J connectivity index is 0.00000144. The fourth-order valence-electron chi connectivity index (χ4n) is 2.23. The Hall–Kier alpha value is -1.96. The second-order valence-corrected chi connectivity index (χ2v) is 4.67. The van der Waals surface area contributed by atoms with Gasteiger partial charge >= 0.3 is 35.5 Å². The fourth-order valence-corrected chi connectivity index (χ4v) is 2.23. The topological polar surface area (TPSA) is 76.7 Å². The summed E-state index contributed by atoms with van der Waals surface area (Å²) in [5.74, 6) is -0.589. The van der Waals surface area contributed by atoms with Crippen molar-refractivity contribution < 1.29 is 50.0 Å². The van der Waals surface area contributed by atoms with Gasteiger partial charge in [-0.25, -0.2) is 19.2 Å². The van der Waals surface area contributed by atoms with E-state index in [1.807, 2.05) is 0 Å². The number of carbonyl (C=O) groups is 1. The quantitative estimate of drug-likeness (QED) is 0.667. The van der Waals surface area contributed by atoms with Crippen LogP contribution in [0.1, 0.15) is 17.6 Å². The Morgan fingerprint density at radius 1 is 1.35 bits per heavy atom. The first kappa shape index (κ1) is 17.4. The molecule has 0 bridgehead atoms. The van der Waals surface area contributed by atoms with Crippen molar-refractivity contribution in [2.24, 2.45) is 0 Å². The molecule has 0 amide bonds. The molecule has 0 fully saturated rings. The maximum Gasteiger partial charge on any atom is 1.00 e. The summed E-state index contributed by atoms with van der Waals surface area (Å²) < 4.78 is 20.0. The summed E-state index contributed by atoms with van der Waals surface area (Å²) in [7, 11) is 1.37. The van der Waals surface area contributed by atoms with Gasteiger partial charge in [-0.2, -0.15) is 0 Å². The molecule has 2 heterocycles. The number of hydrogen-bond acceptors (Lipinski definition) is 4. The normalized spacial score (nSPS) is 10.4. The van der Waals surface area contributed by atoms with Crippen LogP contribution in [0.25, 0.3) is 17.0 Å². The van der Waals surface area contributed by atoms with Crippen LogP contribution in [0.15, 0.2) is 30.5 Å². The zero-order chi connectivity index (χ0) is 15.9. The second-order valence-electron chi connectivity index (χ2n) is 4.67. The average molecular weight is 325 g/mol. The molecule has 2 aromatic heterocycles. The SMILES string of the molecule is COc1cc(-c2nc(C)n3ccc(C(=O)O)c3n2)ccc1F.[H-].[Na+]. The maximum atomic E-state index is 13.5. The zero-order valence-corrected chi connectivity index (χ0v) is 14.9. The van der Waals surface area contributed by atoms with Gasteiger partial charge in [0.15, 0.2) is 23.0 Å². The maximum absolute atomic E-state index is 13.5. The van der Waals surface area contributed by atoms with Crippen LogP contribution in [-0.4, -0.2) is 32.6 Å². The van der Waals surface area contributed by atoms with Gasteiger partial charge in [0.25, 0.3) is 0 Å². The molecule has 6 nitrogen and oxygen atoms in total. The number of methoxy groups -OCH3 is 1. The van der Waals surface area contributed by atoms with Crippen LogP contribution in [0.2, 0.25) is 0 Å². The summed E-state index contributed by atoms with van der Waals surface area (Å²) in [4.78, 5) is 19.9. The van der Waals surface area contributed by atoms with Crippen LogP contribution in [0, 0.1) is 12.7 Å². The summed E-state index contributed by atoms with van der Waals surface area (Å²) >= 11 is 0. The third-order valence-corrected chi connectivity index (χ3v) is 3.33. The number of carboxylic acids is 1. The minimum Gasteiger partial charge on any atom is -1.00 e. The molecule has 0 saturated carbocycles. The Morgan fingerprint density at radius 3 is 2.74 bits per heavy atom. The number of fused-ring (bicyclic) bond motifs is 1. The summed E-state index contributed by atoms with van der Waals surface area (Å²) in [6.07, 6.45) is 1.60. The Bertz CT molecular complexity index is 901. The van der Waals surface area contributed by atoms with Crippen molar-refractivity contribution in [3.05, 3.63) is 47.7 Å². The molecule has 0 aliphatic carbocycles. The number of aromatic carboxylic acids is 1. The monoisotopic (exact) mass is 325 g/mol. The number of benzene rings is 1. The van der Waals surface area contributed by atoms with Gasteiger partial charge in [-0.15, -0.1) is 0 Å². The minimum atomic E-state index is -1.07. The fraction of sp³-hybridized carbons (Fsp3) is 0.133. The Kier molecular flexibility index (Phi) is 5.03. The van der Waals surface area contributed by atoms with Crippen molar-refractivity contribution in [1.29, 1.82) is 0 Å². The molecule has 0 aliphatic rings. The van der Waals surface area contributed by atoms with Gasteiger partial charge in [0.1, 0.15) is 11.4 Å². The first-order valence-corrected chi connectivity index (χ1v) is 6.44. The van der Waals surface area contributed by atoms with Gasteiger partial charge < -0.3 is 11.3 Å². The van der Waals surface area contributed by atoms with Crippen molar-refractivity contribution in [3.8, 4) is 17.1 Å². The smallest absolute Gasteiger partial charge is 1.00 e. The number of aryl methyl sites for hydroxylation is 1. The van der Waals surface area contributed by atoms with Crippen molar-refractivity contribution in [1.82, 2.24) is 14.4 Å². The van der Waals surface area contributed by atoms with Crippen LogP contribution in [0.4, 0.5) is 4.39 Å². The standard InChI is InChI=1S/C15H12FN3O3.Na.H/c1-8-17-13(9-3-4-11(16)12(7-9)22-2)18-14-10(15(20)21)5-6-19(8)14;;/h3-7H,1-2H3,(H,20,21);;/q;+1;-1. The number of ether oxygens (including phenoxy) is 1. The van der Waals surface area contributed by atoms with Crippen molar-refractivity contribution in [2.75, 3.05) is 7.11 Å². The van der Waals surface area contributed by atoms with Crippen molar-refractivity contribution >= 4 is 11.6 Å². The molecule has 114 valence electrons. The van der Waals surface area contributed by atoms with Crippen LogP contribution >= 0.6 is 0 Å². The summed E-state index contributed by atoms with van der Waals surface area (Å²) in [6, 6.07) is 5.72. The molecule has 0 spiro atoms. The average Bonchev–Trinajstić information content (AvgIpc) is 2.92. The van der Waals surface area contributed by atoms with Gasteiger partial charge in [0.2, 0.25) is 0 Å². The Labute approximate surface area is 154 Å². The van der Waals surface area contributed by atoms with E-state index < -0.39 is 11.8 Å². The molecule has 0 aliphatic heterocycles. The molecule has 23 heavy (non-hydrogen) atoms. The number of aromatic nitrogens is 3. The molecular weight excluding hydrogens is 312 g/mol. The van der Waals surface area contributed by atoms with Gasteiger partial charge in [-0.3, -0.25) is 4.40 Å². The van der Waals surface area contributed by atoms with E-state index in [0.29, 0.717) is 22.9 Å². The van der Waals surface area contributed by atoms with Crippen LogP contribution in [0.3, 0.4) is 0 Å². The second kappa shape index (κ2) is 6.66. The van der Waals surface area contributed by atoms with E-state index in [0.717, 1.165) is 0 Å². The van der Waals surface area contributed by atoms with Crippen molar-refractivity contribution in [3.63, 3.8) is 0 Å². The summed E-state index contributed by atoms with van der Waals surface area (Å²) in [5.41, 5.74) is 0.917. The molecule has 0 saturated heterocycles. The van der Waals surface area contributed by atoms with E-state index in [-0.39, 0.29) is 42.3 Å². The van der Waals surface area contributed by atoms with Gasteiger partial charge in [0.05, 0.1) is 7.11 Å². The predicted molar refractivity (Wildman–Crippen MR) is 77.7 cm³/mol. The third kappa shape index (κ3) is 3.08.